The third kappa shape index (κ3) is 0.980. The first-order valence-electron chi connectivity index (χ1n) is 4.88. The predicted octanol–water partition coefficient (Wildman–Crippen LogP) is 3.22. The lowest BCUT2D eigenvalue weighted by Crippen LogP contribution is -2.29. The molecule has 0 heteroatoms. The van der Waals surface area contributed by atoms with Crippen LogP contribution in [0, 0.1) is 17.8 Å². The quantitative estimate of drug-likeness (QED) is 0.482. The molecule has 0 aliphatic heterocycles. The molecule has 0 amide bonds. The third-order valence-corrected chi connectivity index (χ3v) is 3.69. The molecule has 3 atom stereocenters. The lowest BCUT2D eigenvalue weighted by molar-refractivity contribution is 0.116. The second-order valence-corrected chi connectivity index (χ2v) is 4.26. The second-order valence-electron chi connectivity index (χ2n) is 4.26. The van der Waals surface area contributed by atoms with Crippen molar-refractivity contribution in [3.63, 3.8) is 0 Å². The van der Waals surface area contributed by atoms with Crippen molar-refractivity contribution in [1.29, 1.82) is 0 Å². The van der Waals surface area contributed by atoms with Gasteiger partial charge in [0.25, 0.3) is 0 Å². The van der Waals surface area contributed by atoms with Crippen molar-refractivity contribution in [3.8, 4) is 0 Å². The van der Waals surface area contributed by atoms with Crippen molar-refractivity contribution < 1.29 is 0 Å². The van der Waals surface area contributed by atoms with Crippen molar-refractivity contribution >= 4 is 0 Å². The zero-order valence-electron chi connectivity index (χ0n) is 6.97. The van der Waals surface area contributed by atoms with E-state index in [1.165, 1.54) is 19.3 Å². The zero-order chi connectivity index (χ0) is 6.97. The number of rotatable bonds is 0. The Morgan fingerprint density at radius 2 is 1.70 bits per heavy atom. The number of fused-ring (bicyclic) bond motifs is 1. The summed E-state index contributed by atoms with van der Waals surface area (Å²) in [5.41, 5.74) is 0. The van der Waals surface area contributed by atoms with Gasteiger partial charge in [-0.25, -0.2) is 0 Å². The highest BCUT2D eigenvalue weighted by atomic mass is 14.4. The van der Waals surface area contributed by atoms with Gasteiger partial charge in [0.05, 0.1) is 0 Å². The van der Waals surface area contributed by atoms with Crippen molar-refractivity contribution in [2.75, 3.05) is 0 Å². The average molecular weight is 138 g/mol. The third-order valence-electron chi connectivity index (χ3n) is 3.69. The fourth-order valence-electron chi connectivity index (χ4n) is 2.79. The summed E-state index contributed by atoms with van der Waals surface area (Å²) in [6.45, 7) is 2.46. The molecule has 0 N–H and O–H groups in total. The summed E-state index contributed by atoms with van der Waals surface area (Å²) in [4.78, 5) is 0. The van der Waals surface area contributed by atoms with Crippen LogP contribution in [0.3, 0.4) is 0 Å². The molecule has 2 saturated carbocycles. The highest BCUT2D eigenvalue weighted by Gasteiger charge is 2.35. The molecular formula is C10H18. The Bertz CT molecular complexity index is 109. The molecule has 0 saturated heterocycles. The maximum absolute atomic E-state index is 2.46. The Morgan fingerprint density at radius 1 is 0.900 bits per heavy atom. The van der Waals surface area contributed by atoms with Gasteiger partial charge in [0.1, 0.15) is 0 Å². The van der Waals surface area contributed by atoms with Crippen LogP contribution in [0.5, 0.6) is 0 Å². The summed E-state index contributed by atoms with van der Waals surface area (Å²) in [5.74, 6) is 3.35. The van der Waals surface area contributed by atoms with Gasteiger partial charge in [-0.3, -0.25) is 0 Å². The first-order valence-corrected chi connectivity index (χ1v) is 4.88. The van der Waals surface area contributed by atoms with Gasteiger partial charge < -0.3 is 0 Å². The van der Waals surface area contributed by atoms with Crippen molar-refractivity contribution in [3.05, 3.63) is 0 Å². The standard InChI is InChI=1S/C10H18/c1-8-4-2-3-5-9-6-7-10(8)9/h8-10H,2-7H2,1H3. The average Bonchev–Trinajstić information content (AvgIpc) is 1.92. The minimum atomic E-state index is 1.06. The van der Waals surface area contributed by atoms with Gasteiger partial charge in [-0.15, -0.1) is 0 Å². The monoisotopic (exact) mass is 138 g/mol. The van der Waals surface area contributed by atoms with E-state index in [4.69, 9.17) is 0 Å². The maximum atomic E-state index is 2.46. The SMILES string of the molecule is CC1CCCCC2CCC12. The summed E-state index contributed by atoms with van der Waals surface area (Å²) < 4.78 is 0. The molecule has 0 bridgehead atoms. The maximum Gasteiger partial charge on any atom is -0.0360 e. The van der Waals surface area contributed by atoms with Crippen molar-refractivity contribution in [1.82, 2.24) is 0 Å². The fourth-order valence-corrected chi connectivity index (χ4v) is 2.79. The topological polar surface area (TPSA) is 0 Å². The second kappa shape index (κ2) is 2.56. The Hall–Kier alpha value is 0. The van der Waals surface area contributed by atoms with Gasteiger partial charge in [-0.2, -0.15) is 0 Å². The molecule has 2 aliphatic rings. The Kier molecular flexibility index (Phi) is 1.71. The van der Waals surface area contributed by atoms with Crippen LogP contribution < -0.4 is 0 Å². The first-order chi connectivity index (χ1) is 4.88. The van der Waals surface area contributed by atoms with E-state index in [-0.39, 0.29) is 0 Å². The Morgan fingerprint density at radius 3 is 2.40 bits per heavy atom. The molecule has 2 fully saturated rings. The Labute approximate surface area is 64.0 Å². The van der Waals surface area contributed by atoms with E-state index in [9.17, 15) is 0 Å². The van der Waals surface area contributed by atoms with Crippen LogP contribution in [0.4, 0.5) is 0 Å². The van der Waals surface area contributed by atoms with Crippen LogP contribution >= 0.6 is 0 Å². The van der Waals surface area contributed by atoms with Gasteiger partial charge in [0, 0.05) is 0 Å². The van der Waals surface area contributed by atoms with Crippen LogP contribution in [-0.4, -0.2) is 0 Å². The molecule has 10 heavy (non-hydrogen) atoms. The van der Waals surface area contributed by atoms with Gasteiger partial charge in [0.15, 0.2) is 0 Å². The lowest BCUT2D eigenvalue weighted by Gasteiger charge is -2.39. The number of hydrogen-bond acceptors (Lipinski definition) is 0. The minimum Gasteiger partial charge on any atom is -0.0622 e. The van der Waals surface area contributed by atoms with Crippen molar-refractivity contribution in [2.24, 2.45) is 17.8 Å². The molecule has 3 unspecified atom stereocenters. The predicted molar refractivity (Wildman–Crippen MR) is 43.8 cm³/mol. The number of hydrogen-bond donors (Lipinski definition) is 0. The molecule has 0 aromatic heterocycles. The zero-order valence-corrected chi connectivity index (χ0v) is 6.97. The molecule has 2 rings (SSSR count). The van der Waals surface area contributed by atoms with E-state index >= 15 is 0 Å². The van der Waals surface area contributed by atoms with E-state index in [0.717, 1.165) is 17.8 Å². The minimum absolute atomic E-state index is 1.06. The molecular weight excluding hydrogens is 120 g/mol. The highest BCUT2D eigenvalue weighted by Crippen LogP contribution is 2.46. The van der Waals surface area contributed by atoms with E-state index < -0.39 is 0 Å². The summed E-state index contributed by atoms with van der Waals surface area (Å²) in [6.07, 6.45) is 9.19. The van der Waals surface area contributed by atoms with E-state index in [0.29, 0.717) is 0 Å². The normalized spacial score (nSPS) is 47.1. The van der Waals surface area contributed by atoms with Crippen LogP contribution in [0.15, 0.2) is 0 Å². The van der Waals surface area contributed by atoms with E-state index in [1.807, 2.05) is 0 Å². The smallest absolute Gasteiger partial charge is 0.0360 e. The van der Waals surface area contributed by atoms with Gasteiger partial charge in [-0.05, 0) is 30.6 Å². The Balaban J connectivity index is 1.98. The van der Waals surface area contributed by atoms with Crippen molar-refractivity contribution in [2.45, 2.75) is 45.4 Å². The lowest BCUT2D eigenvalue weighted by atomic mass is 9.67. The van der Waals surface area contributed by atoms with Gasteiger partial charge >= 0.3 is 0 Å². The summed E-state index contributed by atoms with van der Waals surface area (Å²) in [6, 6.07) is 0. The molecule has 2 aliphatic carbocycles. The summed E-state index contributed by atoms with van der Waals surface area (Å²) >= 11 is 0. The van der Waals surface area contributed by atoms with Crippen LogP contribution in [-0.2, 0) is 0 Å². The molecule has 0 heterocycles. The molecule has 0 nitrogen and oxygen atoms in total. The van der Waals surface area contributed by atoms with Gasteiger partial charge in [-0.1, -0.05) is 32.6 Å². The van der Waals surface area contributed by atoms with Crippen LogP contribution in [0.2, 0.25) is 0 Å². The summed E-state index contributed by atoms with van der Waals surface area (Å²) in [7, 11) is 0. The molecule has 0 aromatic carbocycles. The molecule has 0 radical (unpaired) electrons. The van der Waals surface area contributed by atoms with Gasteiger partial charge in [0.2, 0.25) is 0 Å². The van der Waals surface area contributed by atoms with Crippen LogP contribution in [0.1, 0.15) is 45.4 Å². The fraction of sp³-hybridized carbons (Fsp3) is 1.00. The summed E-state index contributed by atoms with van der Waals surface area (Å²) in [5, 5.41) is 0. The largest absolute Gasteiger partial charge is 0.0622 e. The van der Waals surface area contributed by atoms with Crippen LogP contribution in [0.25, 0.3) is 0 Å². The highest BCUT2D eigenvalue weighted by molar-refractivity contribution is 4.86. The molecule has 0 spiro atoms. The molecule has 0 aromatic rings. The first kappa shape index (κ1) is 6.69. The van der Waals surface area contributed by atoms with E-state index in [2.05, 4.69) is 6.92 Å². The van der Waals surface area contributed by atoms with E-state index in [1.54, 1.807) is 19.3 Å². The molecule has 58 valence electrons.